The van der Waals surface area contributed by atoms with E-state index in [9.17, 15) is 24.8 Å². The molecule has 27 heavy (non-hydrogen) atoms. The van der Waals surface area contributed by atoms with E-state index in [1.165, 1.54) is 13.0 Å². The molecule has 0 radical (unpaired) electrons. The highest BCUT2D eigenvalue weighted by atomic mass is 16.7. The highest BCUT2D eigenvalue weighted by Gasteiger charge is 2.38. The van der Waals surface area contributed by atoms with Gasteiger partial charge in [-0.15, -0.1) is 0 Å². The smallest absolute Gasteiger partial charge is 0.534 e. The molecule has 1 amide bonds. The zero-order chi connectivity index (χ0) is 20.4. The summed E-state index contributed by atoms with van der Waals surface area (Å²) >= 11 is 0. The van der Waals surface area contributed by atoms with Crippen molar-refractivity contribution in [1.82, 2.24) is 5.32 Å². The van der Waals surface area contributed by atoms with E-state index in [4.69, 9.17) is 14.1 Å². The van der Waals surface area contributed by atoms with Gasteiger partial charge in [-0.05, 0) is 38.8 Å². The molecule has 1 aliphatic rings. The zero-order valence-corrected chi connectivity index (χ0v) is 15.7. The molecule has 2 rings (SSSR count). The second-order valence-electron chi connectivity index (χ2n) is 7.32. The van der Waals surface area contributed by atoms with Crippen LogP contribution in [0.25, 0.3) is 0 Å². The number of esters is 1. The first-order chi connectivity index (χ1) is 12.5. The standard InChI is InChI=1S/C17H24BNO8/c1-9(20)19-12-7-10-5-6-11(21)13(14(10)27-18(12)24)15(22)25-8-26-16(23)17(2,3)4/h5-6,12,15,21-22,24H,7-8H2,1-4H3,(H,19,20)/t12-,15?/m0/s1. The fourth-order valence-corrected chi connectivity index (χ4v) is 2.55. The summed E-state index contributed by atoms with van der Waals surface area (Å²) in [6.07, 6.45) is -1.42. The van der Waals surface area contributed by atoms with Crippen LogP contribution in [0.3, 0.4) is 0 Å². The van der Waals surface area contributed by atoms with Crippen molar-refractivity contribution in [1.29, 1.82) is 0 Å². The second-order valence-corrected chi connectivity index (χ2v) is 7.32. The van der Waals surface area contributed by atoms with Gasteiger partial charge in [0.15, 0.2) is 13.1 Å². The van der Waals surface area contributed by atoms with E-state index in [0.717, 1.165) is 0 Å². The van der Waals surface area contributed by atoms with Crippen molar-refractivity contribution in [3.05, 3.63) is 23.3 Å². The molecule has 1 aliphatic heterocycles. The lowest BCUT2D eigenvalue weighted by Gasteiger charge is -2.30. The number of nitrogens with one attached hydrogen (secondary N) is 1. The van der Waals surface area contributed by atoms with Gasteiger partial charge in [-0.2, -0.15) is 0 Å². The minimum Gasteiger partial charge on any atom is -0.534 e. The number of hydrogen-bond donors (Lipinski definition) is 4. The molecule has 0 spiro atoms. The molecule has 4 N–H and O–H groups in total. The maximum Gasteiger partial charge on any atom is 0.547 e. The predicted molar refractivity (Wildman–Crippen MR) is 94.5 cm³/mol. The third-order valence-corrected chi connectivity index (χ3v) is 3.94. The minimum atomic E-state index is -1.66. The highest BCUT2D eigenvalue weighted by Crippen LogP contribution is 2.40. The van der Waals surface area contributed by atoms with E-state index < -0.39 is 37.5 Å². The topological polar surface area (TPSA) is 135 Å². The minimum absolute atomic E-state index is 0.0544. The number of aromatic hydroxyl groups is 1. The molecule has 0 saturated carbocycles. The number of aliphatic hydroxyl groups excluding tert-OH is 1. The summed E-state index contributed by atoms with van der Waals surface area (Å²) in [5.74, 6) is -1.77. The van der Waals surface area contributed by atoms with Crippen molar-refractivity contribution in [2.75, 3.05) is 6.79 Å². The lowest BCUT2D eigenvalue weighted by molar-refractivity contribution is -0.193. The first kappa shape index (κ1) is 21.0. The van der Waals surface area contributed by atoms with Crippen LogP contribution in [0.4, 0.5) is 0 Å². The number of ether oxygens (including phenoxy) is 2. The van der Waals surface area contributed by atoms with Gasteiger partial charge >= 0.3 is 13.1 Å². The number of hydrogen-bond acceptors (Lipinski definition) is 8. The van der Waals surface area contributed by atoms with E-state index in [-0.39, 0.29) is 29.4 Å². The third-order valence-electron chi connectivity index (χ3n) is 3.94. The number of carbonyl (C=O) groups is 2. The Balaban J connectivity index is 2.14. The molecule has 0 bridgehead atoms. The van der Waals surface area contributed by atoms with Gasteiger partial charge in [-0.25, -0.2) is 0 Å². The van der Waals surface area contributed by atoms with Crippen molar-refractivity contribution < 1.29 is 39.0 Å². The lowest BCUT2D eigenvalue weighted by atomic mass is 9.72. The van der Waals surface area contributed by atoms with Crippen LogP contribution in [0.1, 0.15) is 45.1 Å². The maximum absolute atomic E-state index is 11.7. The Hall–Kier alpha value is -2.30. The molecule has 10 heteroatoms. The average Bonchev–Trinajstić information content (AvgIpc) is 2.54. The zero-order valence-electron chi connectivity index (χ0n) is 15.7. The summed E-state index contributed by atoms with van der Waals surface area (Å²) in [7, 11) is -1.37. The van der Waals surface area contributed by atoms with E-state index in [1.54, 1.807) is 26.8 Å². The molecule has 0 fully saturated rings. The first-order valence-corrected chi connectivity index (χ1v) is 8.44. The van der Waals surface area contributed by atoms with E-state index in [2.05, 4.69) is 5.32 Å². The molecule has 0 saturated heterocycles. The fourth-order valence-electron chi connectivity index (χ4n) is 2.55. The number of aliphatic hydroxyl groups is 1. The number of phenols is 1. The molecule has 148 valence electrons. The van der Waals surface area contributed by atoms with Gasteiger partial charge in [0.1, 0.15) is 11.5 Å². The highest BCUT2D eigenvalue weighted by molar-refractivity contribution is 6.46. The molecule has 9 nitrogen and oxygen atoms in total. The van der Waals surface area contributed by atoms with Gasteiger partial charge in [-0.3, -0.25) is 9.59 Å². The van der Waals surface area contributed by atoms with Crippen LogP contribution in [-0.4, -0.2) is 47.0 Å². The van der Waals surface area contributed by atoms with Crippen molar-refractivity contribution in [3.63, 3.8) is 0 Å². The molecule has 1 heterocycles. The Labute approximate surface area is 157 Å². The molecular formula is C17H24BNO8. The Morgan fingerprint density at radius 2 is 2.07 bits per heavy atom. The van der Waals surface area contributed by atoms with Crippen molar-refractivity contribution in [2.24, 2.45) is 5.41 Å². The van der Waals surface area contributed by atoms with Gasteiger partial charge in [0.25, 0.3) is 0 Å². The van der Waals surface area contributed by atoms with Crippen LogP contribution < -0.4 is 9.97 Å². The summed E-state index contributed by atoms with van der Waals surface area (Å²) in [6.45, 7) is 5.81. The quantitative estimate of drug-likeness (QED) is 0.327. The summed E-state index contributed by atoms with van der Waals surface area (Å²) in [5.41, 5.74) is -0.269. The monoisotopic (exact) mass is 381 g/mol. The number of phenolic OH excluding ortho intramolecular Hbond substituents is 1. The Bertz CT molecular complexity index is 718. The average molecular weight is 381 g/mol. The van der Waals surface area contributed by atoms with E-state index in [1.807, 2.05) is 0 Å². The van der Waals surface area contributed by atoms with Crippen LogP contribution >= 0.6 is 0 Å². The number of benzene rings is 1. The van der Waals surface area contributed by atoms with E-state index >= 15 is 0 Å². The molecule has 2 atom stereocenters. The largest absolute Gasteiger partial charge is 0.547 e. The number of fused-ring (bicyclic) bond motifs is 1. The number of amides is 1. The Morgan fingerprint density at radius 1 is 1.41 bits per heavy atom. The van der Waals surface area contributed by atoms with Gasteiger partial charge < -0.3 is 34.7 Å². The summed E-state index contributed by atoms with van der Waals surface area (Å²) in [6, 6.07) is 2.90. The van der Waals surface area contributed by atoms with Gasteiger partial charge in [0.2, 0.25) is 5.91 Å². The fraction of sp³-hybridized carbons (Fsp3) is 0.529. The van der Waals surface area contributed by atoms with Crippen molar-refractivity contribution in [2.45, 2.75) is 46.3 Å². The maximum atomic E-state index is 11.7. The van der Waals surface area contributed by atoms with Crippen molar-refractivity contribution >= 4 is 19.0 Å². The molecule has 1 aromatic carbocycles. The molecular weight excluding hydrogens is 357 g/mol. The molecule has 1 aromatic rings. The van der Waals surface area contributed by atoms with Gasteiger partial charge in [0.05, 0.1) is 16.9 Å². The van der Waals surface area contributed by atoms with Gasteiger partial charge in [-0.1, -0.05) is 6.07 Å². The molecule has 0 aromatic heterocycles. The molecule has 1 unspecified atom stereocenters. The first-order valence-electron chi connectivity index (χ1n) is 8.44. The third kappa shape index (κ3) is 5.12. The predicted octanol–water partition coefficient (Wildman–Crippen LogP) is 0.406. The van der Waals surface area contributed by atoms with Gasteiger partial charge in [0, 0.05) is 6.92 Å². The summed E-state index contributed by atoms with van der Waals surface area (Å²) < 4.78 is 15.4. The number of rotatable bonds is 5. The Morgan fingerprint density at radius 3 is 2.67 bits per heavy atom. The van der Waals surface area contributed by atoms with Crippen LogP contribution in [0.5, 0.6) is 11.5 Å². The summed E-state index contributed by atoms with van der Waals surface area (Å²) in [4.78, 5) is 22.9. The van der Waals surface area contributed by atoms with Crippen LogP contribution in [0.15, 0.2) is 12.1 Å². The van der Waals surface area contributed by atoms with Crippen LogP contribution in [-0.2, 0) is 25.5 Å². The summed E-state index contributed by atoms with van der Waals surface area (Å²) in [5, 5.41) is 33.0. The molecule has 0 aliphatic carbocycles. The SMILES string of the molecule is CC(=O)N[C@H]1Cc2ccc(O)c(C(O)OCOC(=O)C(C)(C)C)c2OB1O. The van der Waals surface area contributed by atoms with E-state index in [0.29, 0.717) is 5.56 Å². The number of carbonyl (C=O) groups excluding carboxylic acids is 2. The van der Waals surface area contributed by atoms with Crippen LogP contribution in [0, 0.1) is 5.41 Å². The van der Waals surface area contributed by atoms with Crippen LogP contribution in [0.2, 0.25) is 0 Å². The Kier molecular flexibility index (Phi) is 6.35. The lowest BCUT2D eigenvalue weighted by Crippen LogP contribution is -2.52. The second kappa shape index (κ2) is 8.16. The van der Waals surface area contributed by atoms with Crippen molar-refractivity contribution in [3.8, 4) is 11.5 Å². The normalized spacial score (nSPS) is 17.6.